The van der Waals surface area contributed by atoms with Crippen molar-refractivity contribution in [1.29, 1.82) is 0 Å². The molecule has 5 rings (SSSR count). The maximum Gasteiger partial charge on any atom is 0.407 e. The molecule has 13 heteroatoms. The molecule has 2 aromatic carbocycles. The van der Waals surface area contributed by atoms with Crippen molar-refractivity contribution >= 4 is 29.1 Å². The van der Waals surface area contributed by atoms with Gasteiger partial charge in [0.1, 0.15) is 19.4 Å². The van der Waals surface area contributed by atoms with E-state index in [0.29, 0.717) is 0 Å². The molecule has 214 valence electrons. The molecule has 41 heavy (non-hydrogen) atoms. The van der Waals surface area contributed by atoms with Crippen molar-refractivity contribution in [3.8, 4) is 11.1 Å². The van der Waals surface area contributed by atoms with Gasteiger partial charge in [-0.3, -0.25) is 24.5 Å². The summed E-state index contributed by atoms with van der Waals surface area (Å²) >= 11 is 0. The van der Waals surface area contributed by atoms with E-state index in [9.17, 15) is 24.6 Å². The first-order valence-corrected chi connectivity index (χ1v) is 13.1. The molecular formula is C28H30N6O7. The van der Waals surface area contributed by atoms with Crippen molar-refractivity contribution in [1.82, 2.24) is 24.8 Å². The number of carbonyl (C=O) groups is 2. The van der Waals surface area contributed by atoms with Gasteiger partial charge in [0.2, 0.25) is 11.9 Å². The number of carbonyl (C=O) groups excluding carboxylic acids is 2. The minimum Gasteiger partial charge on any atom is -0.449 e. The molecule has 2 aromatic heterocycles. The Kier molecular flexibility index (Phi) is 8.38. The summed E-state index contributed by atoms with van der Waals surface area (Å²) in [5, 5.41) is 24.0. The number of aliphatic hydroxyl groups is 2. The zero-order chi connectivity index (χ0) is 28.9. The van der Waals surface area contributed by atoms with Crippen LogP contribution in [0.2, 0.25) is 0 Å². The van der Waals surface area contributed by atoms with E-state index in [1.165, 1.54) is 17.8 Å². The zero-order valence-corrected chi connectivity index (χ0v) is 22.2. The first kappa shape index (κ1) is 28.0. The van der Waals surface area contributed by atoms with Crippen molar-refractivity contribution in [2.45, 2.75) is 38.2 Å². The van der Waals surface area contributed by atoms with E-state index in [1.54, 1.807) is 0 Å². The number of rotatable bonds is 11. The Morgan fingerprint density at radius 3 is 2.46 bits per heavy atom. The van der Waals surface area contributed by atoms with Gasteiger partial charge in [-0.15, -0.1) is 0 Å². The molecule has 0 spiro atoms. The fraction of sp³-hybridized carbons (Fsp3) is 0.321. The molecule has 1 aliphatic carbocycles. The third kappa shape index (κ3) is 6.11. The molecule has 0 saturated heterocycles. The predicted molar refractivity (Wildman–Crippen MR) is 148 cm³/mol. The highest BCUT2D eigenvalue weighted by Crippen LogP contribution is 2.44. The smallest absolute Gasteiger partial charge is 0.407 e. The fourth-order valence-electron chi connectivity index (χ4n) is 4.75. The van der Waals surface area contributed by atoms with Crippen molar-refractivity contribution in [2.24, 2.45) is 0 Å². The number of hydrogen-bond acceptors (Lipinski definition) is 9. The zero-order valence-electron chi connectivity index (χ0n) is 22.2. The molecule has 0 saturated carbocycles. The van der Waals surface area contributed by atoms with Crippen molar-refractivity contribution in [3.63, 3.8) is 0 Å². The molecule has 5 N–H and O–H groups in total. The number of aromatic nitrogens is 4. The highest BCUT2D eigenvalue weighted by molar-refractivity contribution is 5.90. The van der Waals surface area contributed by atoms with Gasteiger partial charge in [0.25, 0.3) is 5.56 Å². The number of amides is 2. The Hall–Kier alpha value is -4.59. The summed E-state index contributed by atoms with van der Waals surface area (Å²) in [6.07, 6.45) is -1.16. The van der Waals surface area contributed by atoms with E-state index in [4.69, 9.17) is 9.47 Å². The van der Waals surface area contributed by atoms with Crippen LogP contribution in [0.1, 0.15) is 30.4 Å². The van der Waals surface area contributed by atoms with Gasteiger partial charge in [-0.05, 0) is 29.2 Å². The van der Waals surface area contributed by atoms with Crippen LogP contribution >= 0.6 is 0 Å². The molecule has 0 aliphatic heterocycles. The number of nitrogens with zero attached hydrogens (tertiary/aromatic N) is 3. The maximum absolute atomic E-state index is 12.5. The van der Waals surface area contributed by atoms with Crippen molar-refractivity contribution in [3.05, 3.63) is 76.3 Å². The van der Waals surface area contributed by atoms with Crippen LogP contribution in [0.5, 0.6) is 0 Å². The topological polar surface area (TPSA) is 181 Å². The van der Waals surface area contributed by atoms with E-state index in [0.717, 1.165) is 22.3 Å². The van der Waals surface area contributed by atoms with Crippen LogP contribution in [0, 0.1) is 0 Å². The minimum atomic E-state index is -0.914. The SMILES string of the molecule is CC(O)[C@@H](CO)OCn1cnc2c(=O)[nH]c(NC(=O)CCNC(=O)OCC3c4ccccc4-c4ccccc43)nc21. The molecule has 2 atom stereocenters. The largest absolute Gasteiger partial charge is 0.449 e. The lowest BCUT2D eigenvalue weighted by molar-refractivity contribution is -0.116. The fourth-order valence-corrected chi connectivity index (χ4v) is 4.75. The molecule has 13 nitrogen and oxygen atoms in total. The molecule has 2 heterocycles. The summed E-state index contributed by atoms with van der Waals surface area (Å²) in [5.41, 5.74) is 4.05. The Morgan fingerprint density at radius 2 is 1.80 bits per heavy atom. The van der Waals surface area contributed by atoms with Crippen LogP contribution in [0.4, 0.5) is 10.7 Å². The van der Waals surface area contributed by atoms with Gasteiger partial charge in [0.15, 0.2) is 11.2 Å². The number of hydrogen-bond donors (Lipinski definition) is 5. The van der Waals surface area contributed by atoms with Crippen molar-refractivity contribution in [2.75, 3.05) is 25.1 Å². The number of imidazole rings is 1. The summed E-state index contributed by atoms with van der Waals surface area (Å²) in [6.45, 7) is 1.10. The Morgan fingerprint density at radius 1 is 1.12 bits per heavy atom. The molecule has 0 bridgehead atoms. The van der Waals surface area contributed by atoms with Crippen molar-refractivity contribution < 1.29 is 29.3 Å². The quantitative estimate of drug-likeness (QED) is 0.182. The highest BCUT2D eigenvalue weighted by atomic mass is 16.5. The van der Waals surface area contributed by atoms with Gasteiger partial charge in [0.05, 0.1) is 19.0 Å². The third-order valence-corrected chi connectivity index (χ3v) is 6.84. The number of ether oxygens (including phenoxy) is 2. The molecule has 0 radical (unpaired) electrons. The molecule has 1 unspecified atom stereocenters. The molecular weight excluding hydrogens is 532 g/mol. The lowest BCUT2D eigenvalue weighted by Gasteiger charge is -2.18. The van der Waals surface area contributed by atoms with Crippen LogP contribution < -0.4 is 16.2 Å². The van der Waals surface area contributed by atoms with Crippen LogP contribution in [-0.2, 0) is 21.0 Å². The number of nitrogens with one attached hydrogen (secondary N) is 3. The van der Waals surface area contributed by atoms with Gasteiger partial charge in [-0.1, -0.05) is 48.5 Å². The van der Waals surface area contributed by atoms with Crippen LogP contribution in [0.25, 0.3) is 22.3 Å². The normalized spacial score (nSPS) is 13.8. The van der Waals surface area contributed by atoms with E-state index in [2.05, 4.69) is 37.7 Å². The molecule has 4 aromatic rings. The van der Waals surface area contributed by atoms with Crippen LogP contribution in [0.15, 0.2) is 59.7 Å². The van der Waals surface area contributed by atoms with Gasteiger partial charge in [0, 0.05) is 18.9 Å². The summed E-state index contributed by atoms with van der Waals surface area (Å²) in [4.78, 5) is 47.9. The first-order valence-electron chi connectivity index (χ1n) is 13.1. The molecule has 0 fully saturated rings. The summed E-state index contributed by atoms with van der Waals surface area (Å²) in [6, 6.07) is 16.1. The minimum absolute atomic E-state index is 0.00263. The first-order chi connectivity index (χ1) is 19.9. The molecule has 1 aliphatic rings. The van der Waals surface area contributed by atoms with E-state index in [-0.39, 0.29) is 49.3 Å². The standard InChI is InChI=1S/C28H30N6O7/c1-16(36)22(12-35)41-15-34-14-30-24-25(34)32-27(33-26(24)38)31-23(37)10-11-29-28(39)40-13-21-19-8-4-2-6-17(19)18-7-3-5-9-20(18)21/h2-9,14,16,21-22,35-36H,10-13,15H2,1H3,(H,29,39)(H2,31,32,33,37,38)/t16?,22-/m1/s1. The summed E-state index contributed by atoms with van der Waals surface area (Å²) in [7, 11) is 0. The second kappa shape index (κ2) is 12.3. The van der Waals surface area contributed by atoms with E-state index < -0.39 is 36.4 Å². The Labute approximate surface area is 234 Å². The van der Waals surface area contributed by atoms with Gasteiger partial charge in [-0.25, -0.2) is 9.78 Å². The van der Waals surface area contributed by atoms with Gasteiger partial charge < -0.3 is 25.0 Å². The van der Waals surface area contributed by atoms with Gasteiger partial charge in [-0.2, -0.15) is 4.98 Å². The van der Waals surface area contributed by atoms with Crippen LogP contribution in [0.3, 0.4) is 0 Å². The second-order valence-corrected chi connectivity index (χ2v) is 9.61. The summed E-state index contributed by atoms with van der Waals surface area (Å²) in [5.74, 6) is -0.678. The number of anilines is 1. The number of H-pyrrole nitrogens is 1. The monoisotopic (exact) mass is 562 g/mol. The van der Waals surface area contributed by atoms with Gasteiger partial charge >= 0.3 is 6.09 Å². The number of aliphatic hydroxyl groups excluding tert-OH is 2. The number of alkyl carbamates (subject to hydrolysis) is 1. The van der Waals surface area contributed by atoms with Crippen LogP contribution in [-0.4, -0.2) is 73.7 Å². The maximum atomic E-state index is 12.5. The Bertz CT molecular complexity index is 1570. The lowest BCUT2D eigenvalue weighted by Crippen LogP contribution is -2.30. The predicted octanol–water partition coefficient (Wildman–Crippen LogP) is 1.70. The second-order valence-electron chi connectivity index (χ2n) is 9.61. The number of benzene rings is 2. The van der Waals surface area contributed by atoms with E-state index >= 15 is 0 Å². The lowest BCUT2D eigenvalue weighted by atomic mass is 9.98. The average Bonchev–Trinajstić information content (AvgIpc) is 3.51. The average molecular weight is 563 g/mol. The highest BCUT2D eigenvalue weighted by Gasteiger charge is 2.29. The molecule has 2 amide bonds. The number of aromatic amines is 1. The number of fused-ring (bicyclic) bond motifs is 4. The summed E-state index contributed by atoms with van der Waals surface area (Å²) < 4.78 is 12.3. The third-order valence-electron chi connectivity index (χ3n) is 6.84. The van der Waals surface area contributed by atoms with E-state index in [1.807, 2.05) is 36.4 Å². The Balaban J connectivity index is 1.12.